The van der Waals surface area contributed by atoms with Crippen molar-refractivity contribution in [2.45, 2.75) is 6.92 Å². The average Bonchev–Trinajstić information content (AvgIpc) is 3.31. The summed E-state index contributed by atoms with van der Waals surface area (Å²) in [5.41, 5.74) is 7.95. The molecule has 0 saturated heterocycles. The van der Waals surface area contributed by atoms with Crippen LogP contribution in [0.15, 0.2) is 59.5 Å². The first-order valence-electron chi connectivity index (χ1n) is 9.19. The molecule has 0 atom stereocenters. The molecule has 6 N–H and O–H groups in total. The highest BCUT2D eigenvalue weighted by atomic mass is 32.1. The molecule has 0 unspecified atom stereocenters. The van der Waals surface area contributed by atoms with Crippen molar-refractivity contribution >= 4 is 55.7 Å². The van der Waals surface area contributed by atoms with Gasteiger partial charge in [-0.2, -0.15) is 4.98 Å². The van der Waals surface area contributed by atoms with Crippen molar-refractivity contribution in [2.75, 3.05) is 11.1 Å². The number of aliphatic carboxylic acids is 1. The third-order valence-electron chi connectivity index (χ3n) is 4.32. The summed E-state index contributed by atoms with van der Waals surface area (Å²) >= 11 is 1.68. The fourth-order valence-corrected chi connectivity index (χ4v) is 4.20. The molecule has 0 spiro atoms. The minimum atomic E-state index is -0.833. The monoisotopic (exact) mass is 434 g/mol. The molecule has 2 aromatic carbocycles. The fourth-order valence-electron chi connectivity index (χ4n) is 3.11. The molecule has 5 aromatic rings. The third kappa shape index (κ3) is 4.38. The van der Waals surface area contributed by atoms with E-state index in [1.165, 1.54) is 10.1 Å². The van der Waals surface area contributed by atoms with Crippen molar-refractivity contribution in [3.63, 3.8) is 0 Å². The number of anilines is 3. The second-order valence-electron chi connectivity index (χ2n) is 6.62. The summed E-state index contributed by atoms with van der Waals surface area (Å²) < 4.78 is 1.19. The quantitative estimate of drug-likeness (QED) is 0.288. The predicted octanol–water partition coefficient (Wildman–Crippen LogP) is 3.94. The molecular formula is C21H18N6O3S. The summed E-state index contributed by atoms with van der Waals surface area (Å²) in [6, 6.07) is 15.9. The van der Waals surface area contributed by atoms with Crippen molar-refractivity contribution in [1.82, 2.24) is 20.2 Å². The zero-order valence-corrected chi connectivity index (χ0v) is 17.2. The van der Waals surface area contributed by atoms with Gasteiger partial charge in [0, 0.05) is 33.9 Å². The normalized spacial score (nSPS) is 10.6. The van der Waals surface area contributed by atoms with Crippen LogP contribution in [0.4, 0.5) is 17.5 Å². The Hall–Kier alpha value is -4.18. The van der Waals surface area contributed by atoms with Crippen LogP contribution < -0.4 is 16.6 Å². The molecule has 3 aromatic heterocycles. The van der Waals surface area contributed by atoms with Gasteiger partial charge in [-0.3, -0.25) is 19.8 Å². The maximum Gasteiger partial charge on any atom is 0.300 e. The molecule has 0 aliphatic rings. The van der Waals surface area contributed by atoms with Gasteiger partial charge < -0.3 is 16.2 Å². The molecule has 0 bridgehead atoms. The zero-order valence-electron chi connectivity index (χ0n) is 16.3. The van der Waals surface area contributed by atoms with Crippen molar-refractivity contribution in [3.05, 3.63) is 65.1 Å². The molecule has 0 aliphatic heterocycles. The van der Waals surface area contributed by atoms with Gasteiger partial charge in [0.2, 0.25) is 5.95 Å². The number of thiophene rings is 1. The number of nitrogens with two attached hydrogens (primary N) is 1. The summed E-state index contributed by atoms with van der Waals surface area (Å²) in [6.45, 7) is 1.08. The van der Waals surface area contributed by atoms with Gasteiger partial charge in [0.25, 0.3) is 11.5 Å². The molecule has 10 heteroatoms. The summed E-state index contributed by atoms with van der Waals surface area (Å²) in [5.74, 6) is -0.0820. The Kier molecular flexibility index (Phi) is 5.37. The van der Waals surface area contributed by atoms with Crippen LogP contribution in [-0.4, -0.2) is 31.2 Å². The Morgan fingerprint density at radius 1 is 1.16 bits per heavy atom. The van der Waals surface area contributed by atoms with Gasteiger partial charge in [-0.1, -0.05) is 18.2 Å². The van der Waals surface area contributed by atoms with Crippen molar-refractivity contribution in [2.24, 2.45) is 0 Å². The van der Waals surface area contributed by atoms with Crippen LogP contribution >= 0.6 is 11.3 Å². The standard InChI is InChI=1S/C19H14N6OS.C2H4O2/c20-19-21-6-5-16(23-19)22-11-8-12(17-13(9-11)18(26)25-24-17)15-7-10-3-1-2-4-14(10)27-15;1-2(3)4/h1-9H,(H2,24,25,26)(H3,20,21,22,23);1H3,(H,3,4). The Labute approximate surface area is 179 Å². The maximum absolute atomic E-state index is 12.2. The van der Waals surface area contributed by atoms with E-state index in [9.17, 15) is 4.79 Å². The highest BCUT2D eigenvalue weighted by molar-refractivity contribution is 7.22. The lowest BCUT2D eigenvalue weighted by molar-refractivity contribution is -0.134. The topological polar surface area (TPSA) is 150 Å². The number of H-pyrrole nitrogens is 2. The van der Waals surface area contributed by atoms with E-state index in [4.69, 9.17) is 15.6 Å². The SMILES string of the molecule is CC(=O)O.Nc1nccc(Nc2cc(-c3cc4ccccc4s3)c3[nH][nH]c(=O)c3c2)n1. The number of carbonyl (C=O) groups is 1. The number of hydrogen-bond donors (Lipinski definition) is 5. The third-order valence-corrected chi connectivity index (χ3v) is 5.47. The summed E-state index contributed by atoms with van der Waals surface area (Å²) in [6.07, 6.45) is 1.58. The highest BCUT2D eigenvalue weighted by Crippen LogP contribution is 2.37. The van der Waals surface area contributed by atoms with E-state index in [2.05, 4.69) is 43.7 Å². The first kappa shape index (κ1) is 20.1. The highest BCUT2D eigenvalue weighted by Gasteiger charge is 2.13. The molecule has 0 amide bonds. The Balaban J connectivity index is 0.000000535. The van der Waals surface area contributed by atoms with E-state index >= 15 is 0 Å². The minimum Gasteiger partial charge on any atom is -0.481 e. The lowest BCUT2D eigenvalue weighted by Gasteiger charge is -2.08. The molecular weight excluding hydrogens is 416 g/mol. The number of aromatic amines is 2. The van der Waals surface area contributed by atoms with Gasteiger partial charge in [-0.15, -0.1) is 11.3 Å². The molecule has 9 nitrogen and oxygen atoms in total. The second-order valence-corrected chi connectivity index (χ2v) is 7.70. The first-order chi connectivity index (χ1) is 14.9. The number of rotatable bonds is 3. The smallest absolute Gasteiger partial charge is 0.300 e. The summed E-state index contributed by atoms with van der Waals surface area (Å²) in [4.78, 5) is 30.4. The van der Waals surface area contributed by atoms with Crippen LogP contribution in [0.2, 0.25) is 0 Å². The van der Waals surface area contributed by atoms with Crippen LogP contribution in [0.1, 0.15) is 6.92 Å². The largest absolute Gasteiger partial charge is 0.481 e. The summed E-state index contributed by atoms with van der Waals surface area (Å²) in [5, 5.41) is 18.0. The van der Waals surface area contributed by atoms with Gasteiger partial charge >= 0.3 is 0 Å². The number of nitrogen functional groups attached to an aromatic ring is 1. The van der Waals surface area contributed by atoms with Crippen LogP contribution in [0, 0.1) is 0 Å². The molecule has 5 rings (SSSR count). The maximum atomic E-state index is 12.2. The first-order valence-corrected chi connectivity index (χ1v) is 10.0. The van der Waals surface area contributed by atoms with Crippen molar-refractivity contribution in [3.8, 4) is 10.4 Å². The van der Waals surface area contributed by atoms with Crippen molar-refractivity contribution in [1.29, 1.82) is 0 Å². The minimum absolute atomic E-state index is 0.168. The van der Waals surface area contributed by atoms with E-state index in [1.54, 1.807) is 29.7 Å². The van der Waals surface area contributed by atoms with Crippen molar-refractivity contribution < 1.29 is 9.90 Å². The lowest BCUT2D eigenvalue weighted by atomic mass is 10.1. The molecule has 3 heterocycles. The Morgan fingerprint density at radius 2 is 1.94 bits per heavy atom. The fraction of sp³-hybridized carbons (Fsp3) is 0.0476. The van der Waals surface area contributed by atoms with E-state index in [0.717, 1.165) is 28.6 Å². The van der Waals surface area contributed by atoms with E-state index < -0.39 is 5.97 Å². The van der Waals surface area contributed by atoms with Gasteiger partial charge in [0.05, 0.1) is 10.9 Å². The van der Waals surface area contributed by atoms with E-state index in [-0.39, 0.29) is 11.5 Å². The number of nitrogens with zero attached hydrogens (tertiary/aromatic N) is 2. The Bertz CT molecular complexity index is 1420. The number of carboxylic acids is 1. The lowest BCUT2D eigenvalue weighted by Crippen LogP contribution is -2.01. The zero-order chi connectivity index (χ0) is 22.0. The summed E-state index contributed by atoms with van der Waals surface area (Å²) in [7, 11) is 0. The van der Waals surface area contributed by atoms with E-state index in [0.29, 0.717) is 11.2 Å². The van der Waals surface area contributed by atoms with Crippen LogP contribution in [0.25, 0.3) is 31.4 Å². The number of aromatic nitrogens is 4. The number of fused-ring (bicyclic) bond motifs is 2. The molecule has 31 heavy (non-hydrogen) atoms. The van der Waals surface area contributed by atoms with Crippen LogP contribution in [0.3, 0.4) is 0 Å². The second kappa shape index (κ2) is 8.28. The Morgan fingerprint density at radius 3 is 2.68 bits per heavy atom. The molecule has 156 valence electrons. The average molecular weight is 434 g/mol. The van der Waals surface area contributed by atoms with Gasteiger partial charge in [-0.25, -0.2) is 4.98 Å². The van der Waals surface area contributed by atoms with Gasteiger partial charge in [0.15, 0.2) is 0 Å². The predicted molar refractivity (Wildman–Crippen MR) is 123 cm³/mol. The van der Waals surface area contributed by atoms with Gasteiger partial charge in [-0.05, 0) is 35.7 Å². The van der Waals surface area contributed by atoms with Crippen LogP contribution in [-0.2, 0) is 4.79 Å². The number of nitrogens with one attached hydrogen (secondary N) is 3. The number of hydrogen-bond acceptors (Lipinski definition) is 7. The van der Waals surface area contributed by atoms with E-state index in [1.807, 2.05) is 18.2 Å². The molecule has 0 fully saturated rings. The number of benzene rings is 2. The van der Waals surface area contributed by atoms with Gasteiger partial charge in [0.1, 0.15) is 5.82 Å². The molecule has 0 aliphatic carbocycles. The van der Waals surface area contributed by atoms with Crippen LogP contribution in [0.5, 0.6) is 0 Å². The molecule has 0 saturated carbocycles. The number of carboxylic acid groups (broad SMARTS) is 1. The molecule has 0 radical (unpaired) electrons.